The number of nitrogens with one attached hydrogen (secondary N) is 1. The molecule has 0 aliphatic rings. The highest BCUT2D eigenvalue weighted by Crippen LogP contribution is 2.23. The van der Waals surface area contributed by atoms with Gasteiger partial charge in [0.05, 0.1) is 6.54 Å². The molecule has 23 heavy (non-hydrogen) atoms. The Hall–Kier alpha value is -0.810. The predicted molar refractivity (Wildman–Crippen MR) is 101 cm³/mol. The van der Waals surface area contributed by atoms with Crippen LogP contribution in [0, 0.1) is 0 Å². The van der Waals surface area contributed by atoms with Gasteiger partial charge < -0.3 is 14.5 Å². The molecule has 128 valence electrons. The molecule has 1 aromatic heterocycles. The van der Waals surface area contributed by atoms with Crippen LogP contribution in [-0.2, 0) is 11.3 Å². The number of hydrogen-bond acceptors (Lipinski definition) is 3. The van der Waals surface area contributed by atoms with Crippen molar-refractivity contribution in [1.29, 1.82) is 0 Å². The maximum absolute atomic E-state index is 5.86. The zero-order chi connectivity index (χ0) is 15.6. The normalized spacial score (nSPS) is 10.5. The Morgan fingerprint density at radius 1 is 1.04 bits per heavy atom. The zero-order valence-corrected chi connectivity index (χ0v) is 15.9. The van der Waals surface area contributed by atoms with Crippen LogP contribution in [0.4, 0.5) is 0 Å². The van der Waals surface area contributed by atoms with Crippen molar-refractivity contribution in [3.8, 4) is 11.3 Å². The highest BCUT2D eigenvalue weighted by Gasteiger charge is 2.04. The molecule has 3 nitrogen and oxygen atoms in total. The largest absolute Gasteiger partial charge is 0.460 e. The van der Waals surface area contributed by atoms with Crippen LogP contribution >= 0.6 is 28.3 Å². The monoisotopic (exact) mass is 401 g/mol. The summed E-state index contributed by atoms with van der Waals surface area (Å²) in [7, 11) is 0. The lowest BCUT2D eigenvalue weighted by molar-refractivity contribution is 0.128. The van der Waals surface area contributed by atoms with Crippen LogP contribution < -0.4 is 5.32 Å². The summed E-state index contributed by atoms with van der Waals surface area (Å²) in [4.78, 5) is 0. The van der Waals surface area contributed by atoms with Gasteiger partial charge in [-0.25, -0.2) is 0 Å². The number of hydrogen-bond donors (Lipinski definition) is 1. The van der Waals surface area contributed by atoms with Gasteiger partial charge in [-0.1, -0.05) is 41.4 Å². The van der Waals surface area contributed by atoms with Gasteiger partial charge in [-0.05, 0) is 43.7 Å². The summed E-state index contributed by atoms with van der Waals surface area (Å²) in [6.07, 6.45) is 3.38. The Labute approximate surface area is 153 Å². The van der Waals surface area contributed by atoms with E-state index in [1.807, 2.05) is 36.4 Å². The van der Waals surface area contributed by atoms with Crippen molar-refractivity contribution in [2.45, 2.75) is 32.7 Å². The van der Waals surface area contributed by atoms with Crippen LogP contribution in [0.25, 0.3) is 11.3 Å². The molecule has 0 saturated heterocycles. The average molecular weight is 403 g/mol. The molecule has 1 N–H and O–H groups in total. The lowest BCUT2D eigenvalue weighted by Gasteiger charge is -2.04. The van der Waals surface area contributed by atoms with Gasteiger partial charge in [0.15, 0.2) is 0 Å². The van der Waals surface area contributed by atoms with E-state index in [0.717, 1.165) is 60.7 Å². The molecular weight excluding hydrogens is 378 g/mol. The standard InChI is InChI=1S/C18H24BrNO2.ClH/c1-2-3-12-21-13-4-11-20-14-17-9-10-18(22-17)15-5-7-16(19)8-6-15;/h5-10,20H,2-4,11-14H2,1H3;1H. The third-order valence-corrected chi connectivity index (χ3v) is 3.90. The second-order valence-electron chi connectivity index (χ2n) is 5.27. The topological polar surface area (TPSA) is 34.4 Å². The summed E-state index contributed by atoms with van der Waals surface area (Å²) >= 11 is 3.44. The van der Waals surface area contributed by atoms with E-state index in [-0.39, 0.29) is 12.4 Å². The lowest BCUT2D eigenvalue weighted by atomic mass is 10.2. The second kappa shape index (κ2) is 11.7. The average Bonchev–Trinajstić information content (AvgIpc) is 2.99. The van der Waals surface area contributed by atoms with Gasteiger partial charge in [0, 0.05) is 23.2 Å². The summed E-state index contributed by atoms with van der Waals surface area (Å²) in [5, 5.41) is 3.39. The van der Waals surface area contributed by atoms with Crippen LogP contribution in [-0.4, -0.2) is 19.8 Å². The highest BCUT2D eigenvalue weighted by molar-refractivity contribution is 9.10. The van der Waals surface area contributed by atoms with Crippen LogP contribution in [0.3, 0.4) is 0 Å². The number of benzene rings is 1. The van der Waals surface area contributed by atoms with Crippen molar-refractivity contribution in [3.63, 3.8) is 0 Å². The number of halogens is 2. The van der Waals surface area contributed by atoms with Gasteiger partial charge in [-0.3, -0.25) is 0 Å². The molecule has 0 atom stereocenters. The lowest BCUT2D eigenvalue weighted by Crippen LogP contribution is -2.16. The SMILES string of the molecule is CCCCOCCCNCc1ccc(-c2ccc(Br)cc2)o1.Cl. The molecule has 2 rings (SSSR count). The molecule has 0 amide bonds. The summed E-state index contributed by atoms with van der Waals surface area (Å²) in [5.74, 6) is 1.87. The minimum absolute atomic E-state index is 0. The van der Waals surface area contributed by atoms with Gasteiger partial charge in [0.2, 0.25) is 0 Å². The van der Waals surface area contributed by atoms with Gasteiger partial charge in [0.1, 0.15) is 11.5 Å². The first kappa shape index (κ1) is 20.2. The summed E-state index contributed by atoms with van der Waals surface area (Å²) < 4.78 is 12.5. The summed E-state index contributed by atoms with van der Waals surface area (Å²) in [6, 6.07) is 12.2. The third kappa shape index (κ3) is 7.53. The van der Waals surface area contributed by atoms with Crippen LogP contribution in [0.2, 0.25) is 0 Å². The Kier molecular flexibility index (Phi) is 10.3. The van der Waals surface area contributed by atoms with Crippen molar-refractivity contribution in [1.82, 2.24) is 5.32 Å². The van der Waals surface area contributed by atoms with Crippen molar-refractivity contribution in [3.05, 3.63) is 46.6 Å². The van der Waals surface area contributed by atoms with Crippen LogP contribution in [0.5, 0.6) is 0 Å². The minimum Gasteiger partial charge on any atom is -0.460 e. The number of rotatable bonds is 10. The van der Waals surface area contributed by atoms with Crippen LogP contribution in [0.1, 0.15) is 31.9 Å². The molecule has 2 aromatic rings. The predicted octanol–water partition coefficient (Wildman–Crippen LogP) is 5.43. The van der Waals surface area contributed by atoms with Gasteiger partial charge >= 0.3 is 0 Å². The highest BCUT2D eigenvalue weighted by atomic mass is 79.9. The Bertz CT molecular complexity index is 542. The maximum atomic E-state index is 5.86. The first-order chi connectivity index (χ1) is 10.8. The van der Waals surface area contributed by atoms with E-state index in [1.54, 1.807) is 0 Å². The van der Waals surface area contributed by atoms with Gasteiger partial charge in [0.25, 0.3) is 0 Å². The molecular formula is C18H25BrClNO2. The second-order valence-corrected chi connectivity index (χ2v) is 6.18. The first-order valence-corrected chi connectivity index (χ1v) is 8.72. The summed E-state index contributed by atoms with van der Waals surface area (Å²) in [5.41, 5.74) is 1.10. The minimum atomic E-state index is 0. The molecule has 0 unspecified atom stereocenters. The molecule has 5 heteroatoms. The van der Waals surface area contributed by atoms with E-state index in [9.17, 15) is 0 Å². The van der Waals surface area contributed by atoms with Crippen molar-refractivity contribution < 1.29 is 9.15 Å². The fraction of sp³-hybridized carbons (Fsp3) is 0.444. The maximum Gasteiger partial charge on any atom is 0.134 e. The van der Waals surface area contributed by atoms with E-state index in [1.165, 1.54) is 6.42 Å². The zero-order valence-electron chi connectivity index (χ0n) is 13.5. The Morgan fingerprint density at radius 2 is 1.78 bits per heavy atom. The van der Waals surface area contributed by atoms with E-state index in [2.05, 4.69) is 28.2 Å². The van der Waals surface area contributed by atoms with E-state index < -0.39 is 0 Å². The quantitative estimate of drug-likeness (QED) is 0.538. The summed E-state index contributed by atoms with van der Waals surface area (Å²) in [6.45, 7) is 5.59. The first-order valence-electron chi connectivity index (χ1n) is 7.92. The van der Waals surface area contributed by atoms with Crippen molar-refractivity contribution in [2.75, 3.05) is 19.8 Å². The smallest absolute Gasteiger partial charge is 0.134 e. The Balaban J connectivity index is 0.00000264. The van der Waals surface area contributed by atoms with Gasteiger partial charge in [-0.2, -0.15) is 0 Å². The molecule has 0 aliphatic carbocycles. The van der Waals surface area contributed by atoms with Crippen molar-refractivity contribution in [2.24, 2.45) is 0 Å². The third-order valence-electron chi connectivity index (χ3n) is 3.37. The molecule has 0 aliphatic heterocycles. The number of furan rings is 1. The molecule has 0 radical (unpaired) electrons. The number of ether oxygens (including phenoxy) is 1. The molecule has 1 aromatic carbocycles. The van der Waals surface area contributed by atoms with E-state index in [4.69, 9.17) is 9.15 Å². The van der Waals surface area contributed by atoms with E-state index in [0.29, 0.717) is 0 Å². The molecule has 0 bridgehead atoms. The molecule has 0 spiro atoms. The fourth-order valence-corrected chi connectivity index (χ4v) is 2.37. The van der Waals surface area contributed by atoms with Crippen molar-refractivity contribution >= 4 is 28.3 Å². The van der Waals surface area contributed by atoms with Gasteiger partial charge in [-0.15, -0.1) is 12.4 Å². The Morgan fingerprint density at radius 3 is 2.52 bits per heavy atom. The van der Waals surface area contributed by atoms with Crippen LogP contribution in [0.15, 0.2) is 45.3 Å². The fourth-order valence-electron chi connectivity index (χ4n) is 2.10. The molecule has 0 fully saturated rings. The molecule has 1 heterocycles. The van der Waals surface area contributed by atoms with E-state index >= 15 is 0 Å². The number of unbranched alkanes of at least 4 members (excludes halogenated alkanes) is 1. The molecule has 0 saturated carbocycles.